The molecule has 2 rings (SSSR count). The van der Waals surface area contributed by atoms with E-state index in [4.69, 9.17) is 5.73 Å². The Bertz CT molecular complexity index is 531. The zero-order valence-electron chi connectivity index (χ0n) is 9.24. The van der Waals surface area contributed by atoms with Gasteiger partial charge < -0.3 is 10.8 Å². The molecular formula is C11H12N4O2. The van der Waals surface area contributed by atoms with Crippen LogP contribution in [0.3, 0.4) is 0 Å². The van der Waals surface area contributed by atoms with Crippen LogP contribution in [0.5, 0.6) is 0 Å². The lowest BCUT2D eigenvalue weighted by Crippen LogP contribution is -2.09. The van der Waals surface area contributed by atoms with E-state index in [1.165, 1.54) is 17.1 Å². The van der Waals surface area contributed by atoms with E-state index in [9.17, 15) is 9.90 Å². The molecule has 0 bridgehead atoms. The molecule has 0 unspecified atom stereocenters. The fourth-order valence-electron chi connectivity index (χ4n) is 1.37. The maximum atomic E-state index is 10.9. The minimum Gasteiger partial charge on any atom is -0.387 e. The largest absolute Gasteiger partial charge is 0.387 e. The van der Waals surface area contributed by atoms with Gasteiger partial charge in [-0.3, -0.25) is 9.78 Å². The van der Waals surface area contributed by atoms with Crippen LogP contribution in [-0.2, 0) is 0 Å². The monoisotopic (exact) mass is 232 g/mol. The molecule has 0 aliphatic rings. The van der Waals surface area contributed by atoms with E-state index >= 15 is 0 Å². The first kappa shape index (κ1) is 11.3. The van der Waals surface area contributed by atoms with Gasteiger partial charge in [-0.05, 0) is 19.1 Å². The van der Waals surface area contributed by atoms with Crippen molar-refractivity contribution in [2.45, 2.75) is 13.0 Å². The Morgan fingerprint density at radius 1 is 1.47 bits per heavy atom. The standard InChI is InChI=1S/C11H12N4O2/c1-7(16)10-3-2-9(5-13-10)15-6-8(4-14-15)11(12)17/h2-7,16H,1H3,(H2,12,17)/t7-/m0/s1. The van der Waals surface area contributed by atoms with Crippen molar-refractivity contribution in [2.75, 3.05) is 0 Å². The summed E-state index contributed by atoms with van der Waals surface area (Å²) >= 11 is 0. The first-order valence-corrected chi connectivity index (χ1v) is 5.07. The van der Waals surface area contributed by atoms with Gasteiger partial charge in [0.1, 0.15) is 0 Å². The van der Waals surface area contributed by atoms with Crippen molar-refractivity contribution in [1.82, 2.24) is 14.8 Å². The van der Waals surface area contributed by atoms with Gasteiger partial charge in [0.25, 0.3) is 5.91 Å². The van der Waals surface area contributed by atoms with Crippen LogP contribution >= 0.6 is 0 Å². The van der Waals surface area contributed by atoms with Gasteiger partial charge in [-0.2, -0.15) is 5.10 Å². The van der Waals surface area contributed by atoms with E-state index in [0.29, 0.717) is 16.9 Å². The van der Waals surface area contributed by atoms with Crippen LogP contribution in [0.15, 0.2) is 30.7 Å². The van der Waals surface area contributed by atoms with E-state index in [0.717, 1.165) is 0 Å². The number of carbonyl (C=O) groups is 1. The lowest BCUT2D eigenvalue weighted by molar-refractivity contribution is 0.100. The molecule has 0 aliphatic carbocycles. The molecule has 0 saturated heterocycles. The van der Waals surface area contributed by atoms with Gasteiger partial charge in [-0.1, -0.05) is 0 Å². The number of nitrogens with two attached hydrogens (primary N) is 1. The van der Waals surface area contributed by atoms with Gasteiger partial charge in [-0.25, -0.2) is 4.68 Å². The van der Waals surface area contributed by atoms with Crippen molar-refractivity contribution in [3.63, 3.8) is 0 Å². The Morgan fingerprint density at radius 3 is 2.71 bits per heavy atom. The van der Waals surface area contributed by atoms with Crippen molar-refractivity contribution in [3.8, 4) is 5.69 Å². The Morgan fingerprint density at radius 2 is 2.24 bits per heavy atom. The quantitative estimate of drug-likeness (QED) is 0.801. The number of nitrogens with zero attached hydrogens (tertiary/aromatic N) is 3. The zero-order valence-corrected chi connectivity index (χ0v) is 9.24. The van der Waals surface area contributed by atoms with Gasteiger partial charge in [0, 0.05) is 6.20 Å². The highest BCUT2D eigenvalue weighted by Crippen LogP contribution is 2.12. The average Bonchev–Trinajstić information content (AvgIpc) is 2.78. The van der Waals surface area contributed by atoms with Crippen LogP contribution in [-0.4, -0.2) is 25.8 Å². The molecule has 6 nitrogen and oxygen atoms in total. The molecule has 0 fully saturated rings. The third kappa shape index (κ3) is 2.31. The number of aliphatic hydroxyl groups excluding tert-OH is 1. The van der Waals surface area contributed by atoms with Crippen molar-refractivity contribution in [3.05, 3.63) is 42.0 Å². The second-order valence-corrected chi connectivity index (χ2v) is 3.66. The molecule has 0 radical (unpaired) electrons. The number of rotatable bonds is 3. The second-order valence-electron chi connectivity index (χ2n) is 3.66. The molecule has 0 aromatic carbocycles. The lowest BCUT2D eigenvalue weighted by atomic mass is 10.2. The SMILES string of the molecule is C[C@H](O)c1ccc(-n2cc(C(N)=O)cn2)cn1. The third-order valence-corrected chi connectivity index (χ3v) is 2.33. The molecular weight excluding hydrogens is 220 g/mol. The number of carbonyl (C=O) groups excluding carboxylic acids is 1. The highest BCUT2D eigenvalue weighted by Gasteiger charge is 2.07. The molecule has 0 spiro atoms. The van der Waals surface area contributed by atoms with E-state index < -0.39 is 12.0 Å². The van der Waals surface area contributed by atoms with Crippen LogP contribution in [0.4, 0.5) is 0 Å². The second kappa shape index (κ2) is 4.34. The highest BCUT2D eigenvalue weighted by atomic mass is 16.3. The molecule has 17 heavy (non-hydrogen) atoms. The van der Waals surface area contributed by atoms with Crippen molar-refractivity contribution in [1.29, 1.82) is 0 Å². The number of hydrogen-bond donors (Lipinski definition) is 2. The Kier molecular flexibility index (Phi) is 2.88. The zero-order chi connectivity index (χ0) is 12.4. The first-order valence-electron chi connectivity index (χ1n) is 5.07. The number of primary amides is 1. The smallest absolute Gasteiger partial charge is 0.251 e. The maximum absolute atomic E-state index is 10.9. The number of hydrogen-bond acceptors (Lipinski definition) is 4. The third-order valence-electron chi connectivity index (χ3n) is 2.33. The molecule has 88 valence electrons. The molecule has 0 aliphatic heterocycles. The van der Waals surface area contributed by atoms with Crippen molar-refractivity contribution in [2.24, 2.45) is 5.73 Å². The van der Waals surface area contributed by atoms with Gasteiger partial charge >= 0.3 is 0 Å². The van der Waals surface area contributed by atoms with E-state index in [1.807, 2.05) is 0 Å². The van der Waals surface area contributed by atoms with Crippen molar-refractivity contribution < 1.29 is 9.90 Å². The summed E-state index contributed by atoms with van der Waals surface area (Å²) in [5.74, 6) is -0.523. The summed E-state index contributed by atoms with van der Waals surface area (Å²) in [5, 5.41) is 13.3. The molecule has 1 amide bonds. The van der Waals surface area contributed by atoms with E-state index in [1.54, 1.807) is 25.3 Å². The highest BCUT2D eigenvalue weighted by molar-refractivity contribution is 5.92. The molecule has 2 aromatic rings. The van der Waals surface area contributed by atoms with Gasteiger partial charge in [0.15, 0.2) is 0 Å². The molecule has 3 N–H and O–H groups in total. The Balaban J connectivity index is 2.30. The van der Waals surface area contributed by atoms with Gasteiger partial charge in [-0.15, -0.1) is 0 Å². The number of aliphatic hydroxyl groups is 1. The minimum atomic E-state index is -0.608. The summed E-state index contributed by atoms with van der Waals surface area (Å²) in [6, 6.07) is 3.46. The Hall–Kier alpha value is -2.21. The summed E-state index contributed by atoms with van der Waals surface area (Å²) in [6.07, 6.45) is 3.88. The van der Waals surface area contributed by atoms with Crippen LogP contribution < -0.4 is 5.73 Å². The maximum Gasteiger partial charge on any atom is 0.251 e. The molecule has 1 atom stereocenters. The fourth-order valence-corrected chi connectivity index (χ4v) is 1.37. The topological polar surface area (TPSA) is 94.0 Å². The fraction of sp³-hybridized carbons (Fsp3) is 0.182. The lowest BCUT2D eigenvalue weighted by Gasteiger charge is -2.05. The summed E-state index contributed by atoms with van der Waals surface area (Å²) in [4.78, 5) is 15.0. The van der Waals surface area contributed by atoms with Crippen molar-refractivity contribution >= 4 is 5.91 Å². The molecule has 2 aromatic heterocycles. The summed E-state index contributed by atoms with van der Waals surface area (Å²) in [5.41, 5.74) is 6.74. The van der Waals surface area contributed by atoms with Crippen LogP contribution in [0.2, 0.25) is 0 Å². The summed E-state index contributed by atoms with van der Waals surface area (Å²) in [7, 11) is 0. The minimum absolute atomic E-state index is 0.338. The first-order chi connectivity index (χ1) is 8.08. The van der Waals surface area contributed by atoms with E-state index in [-0.39, 0.29) is 0 Å². The normalized spacial score (nSPS) is 12.4. The predicted molar refractivity (Wildman–Crippen MR) is 60.5 cm³/mol. The number of pyridine rings is 1. The molecule has 2 heterocycles. The average molecular weight is 232 g/mol. The predicted octanol–water partition coefficient (Wildman–Crippen LogP) is 0.420. The summed E-state index contributed by atoms with van der Waals surface area (Å²) in [6.45, 7) is 1.64. The number of aromatic nitrogens is 3. The van der Waals surface area contributed by atoms with Gasteiger partial charge in [0.2, 0.25) is 0 Å². The van der Waals surface area contributed by atoms with Crippen LogP contribution in [0, 0.1) is 0 Å². The summed E-state index contributed by atoms with van der Waals surface area (Å²) < 4.78 is 1.50. The Labute approximate surface area is 97.7 Å². The van der Waals surface area contributed by atoms with E-state index in [2.05, 4.69) is 10.1 Å². The molecule has 0 saturated carbocycles. The van der Waals surface area contributed by atoms with Crippen LogP contribution in [0.1, 0.15) is 29.1 Å². The van der Waals surface area contributed by atoms with Gasteiger partial charge in [0.05, 0.1) is 35.4 Å². The molecule has 6 heteroatoms. The number of amides is 1. The van der Waals surface area contributed by atoms with Crippen LogP contribution in [0.25, 0.3) is 5.69 Å².